The first-order chi connectivity index (χ1) is 14.2. The number of carbonyl (C=O) groups is 2. The van der Waals surface area contributed by atoms with E-state index in [0.717, 1.165) is 50.4 Å². The number of carbonyl (C=O) groups excluding carboxylic acids is 2. The highest BCUT2D eigenvalue weighted by atomic mass is 16.5. The third-order valence-electron chi connectivity index (χ3n) is 8.15. The highest BCUT2D eigenvalue weighted by molar-refractivity contribution is 5.79. The lowest BCUT2D eigenvalue weighted by Gasteiger charge is -2.56. The minimum Gasteiger partial charge on any atom is -0.353 e. The van der Waals surface area contributed by atoms with E-state index in [0.29, 0.717) is 37.1 Å². The summed E-state index contributed by atoms with van der Waals surface area (Å²) in [5.41, 5.74) is -0.553. The van der Waals surface area contributed by atoms with E-state index >= 15 is 0 Å². The summed E-state index contributed by atoms with van der Waals surface area (Å²) in [7, 11) is 0. The molecule has 6 aliphatic rings. The first-order valence-corrected chi connectivity index (χ1v) is 12.2. The molecule has 6 rings (SSSR count). The van der Waals surface area contributed by atoms with Crippen molar-refractivity contribution < 1.29 is 14.3 Å². The number of fused-ring (bicyclic) bond motifs is 2. The Morgan fingerprint density at radius 2 is 1.60 bits per heavy atom. The summed E-state index contributed by atoms with van der Waals surface area (Å²) >= 11 is 0. The predicted molar refractivity (Wildman–Crippen MR) is 115 cm³/mol. The van der Waals surface area contributed by atoms with Crippen LogP contribution in [0, 0.1) is 17.8 Å². The van der Waals surface area contributed by atoms with Crippen LogP contribution in [0.5, 0.6) is 0 Å². The van der Waals surface area contributed by atoms with Crippen LogP contribution in [0.2, 0.25) is 0 Å². The van der Waals surface area contributed by atoms with Crippen LogP contribution in [-0.2, 0) is 14.3 Å². The van der Waals surface area contributed by atoms with Crippen molar-refractivity contribution in [2.24, 2.45) is 17.8 Å². The van der Waals surface area contributed by atoms with Crippen LogP contribution >= 0.6 is 0 Å². The Bertz CT molecular complexity index is 651. The quantitative estimate of drug-likeness (QED) is 0.722. The Morgan fingerprint density at radius 3 is 2.17 bits per heavy atom. The zero-order valence-corrected chi connectivity index (χ0v) is 18.9. The fourth-order valence-corrected chi connectivity index (χ4v) is 7.50. The molecule has 4 saturated heterocycles. The molecule has 2 aliphatic carbocycles. The molecule has 6 heteroatoms. The van der Waals surface area contributed by atoms with E-state index < -0.39 is 0 Å². The average molecular weight is 418 g/mol. The summed E-state index contributed by atoms with van der Waals surface area (Å²) in [5, 5.41) is 6.44. The van der Waals surface area contributed by atoms with Gasteiger partial charge in [0, 0.05) is 24.0 Å². The lowest BCUT2D eigenvalue weighted by atomic mass is 9.65. The van der Waals surface area contributed by atoms with Crippen LogP contribution in [0.25, 0.3) is 0 Å². The lowest BCUT2D eigenvalue weighted by molar-refractivity contribution is -0.233. The van der Waals surface area contributed by atoms with Gasteiger partial charge < -0.3 is 15.4 Å². The van der Waals surface area contributed by atoms with Gasteiger partial charge in [0.15, 0.2) is 0 Å². The third kappa shape index (κ3) is 4.27. The van der Waals surface area contributed by atoms with Gasteiger partial charge >= 0.3 is 0 Å². The third-order valence-corrected chi connectivity index (χ3v) is 8.15. The Labute approximate surface area is 180 Å². The molecule has 0 radical (unpaired) electrons. The number of hydrogen-bond acceptors (Lipinski definition) is 4. The van der Waals surface area contributed by atoms with E-state index in [1.165, 1.54) is 19.3 Å². The first kappa shape index (κ1) is 20.7. The van der Waals surface area contributed by atoms with Crippen LogP contribution in [0.3, 0.4) is 0 Å². The second kappa shape index (κ2) is 7.47. The lowest BCUT2D eigenvalue weighted by Crippen LogP contribution is -2.63. The van der Waals surface area contributed by atoms with Crippen molar-refractivity contribution in [2.45, 2.75) is 114 Å². The van der Waals surface area contributed by atoms with E-state index in [1.54, 1.807) is 0 Å². The molecule has 4 aliphatic heterocycles. The van der Waals surface area contributed by atoms with Gasteiger partial charge in [-0.2, -0.15) is 0 Å². The molecular weight excluding hydrogens is 378 g/mol. The summed E-state index contributed by atoms with van der Waals surface area (Å²) in [5.74, 6) is 2.22. The van der Waals surface area contributed by atoms with Gasteiger partial charge in [0.25, 0.3) is 0 Å². The van der Waals surface area contributed by atoms with Gasteiger partial charge in [0.05, 0.1) is 12.6 Å². The number of piperidine rings is 1. The van der Waals surface area contributed by atoms with E-state index in [-0.39, 0.29) is 23.1 Å². The van der Waals surface area contributed by atoms with E-state index in [4.69, 9.17) is 4.74 Å². The SMILES string of the molecule is CC(C)(C)NC(=O)CN1C2CCC1CC(CC(=O)NC13CC4CC(CC(C4)O1)C3)C2. The highest BCUT2D eigenvalue weighted by Gasteiger charge is 2.53. The standard InChI is InChI=1S/C24H39N3O3/c1-23(2,3)25-22(29)14-27-18-4-5-19(27)8-15(7-18)11-21(28)26-24-12-16-6-17(13-24)10-20(9-16)30-24/h15-20H,4-14H2,1-3H3,(H,25,29)(H,26,28). The smallest absolute Gasteiger partial charge is 0.234 e. The fourth-order valence-electron chi connectivity index (χ4n) is 7.50. The van der Waals surface area contributed by atoms with Gasteiger partial charge in [-0.05, 0) is 96.3 Å². The summed E-state index contributed by atoms with van der Waals surface area (Å²) in [6.07, 6.45) is 11.1. The van der Waals surface area contributed by atoms with Gasteiger partial charge in [0.1, 0.15) is 5.72 Å². The molecule has 6 fully saturated rings. The largest absolute Gasteiger partial charge is 0.353 e. The molecule has 0 spiro atoms. The first-order valence-electron chi connectivity index (χ1n) is 12.2. The number of rotatable bonds is 5. The zero-order chi connectivity index (χ0) is 21.1. The molecule has 30 heavy (non-hydrogen) atoms. The van der Waals surface area contributed by atoms with E-state index in [9.17, 15) is 9.59 Å². The second-order valence-electron chi connectivity index (χ2n) is 12.0. The summed E-state index contributed by atoms with van der Waals surface area (Å²) in [4.78, 5) is 27.8. The van der Waals surface area contributed by atoms with E-state index in [2.05, 4.69) is 15.5 Å². The molecule has 0 aromatic rings. The predicted octanol–water partition coefficient (Wildman–Crippen LogP) is 2.96. The van der Waals surface area contributed by atoms with Crippen molar-refractivity contribution in [3.05, 3.63) is 0 Å². The molecule has 4 heterocycles. The topological polar surface area (TPSA) is 70.7 Å². The van der Waals surface area contributed by atoms with Crippen molar-refractivity contribution in [2.75, 3.05) is 6.54 Å². The summed E-state index contributed by atoms with van der Waals surface area (Å²) in [6.45, 7) is 6.57. The molecule has 2 saturated carbocycles. The summed E-state index contributed by atoms with van der Waals surface area (Å²) < 4.78 is 6.34. The molecule has 6 bridgehead atoms. The highest BCUT2D eigenvalue weighted by Crippen LogP contribution is 2.52. The van der Waals surface area contributed by atoms with Crippen molar-refractivity contribution in [3.8, 4) is 0 Å². The molecular formula is C24H39N3O3. The Morgan fingerprint density at radius 1 is 0.967 bits per heavy atom. The Kier molecular flexibility index (Phi) is 5.17. The van der Waals surface area contributed by atoms with Crippen LogP contribution in [0.15, 0.2) is 0 Å². The minimum absolute atomic E-state index is 0.120. The van der Waals surface area contributed by atoms with Crippen LogP contribution in [-0.4, -0.2) is 52.7 Å². The minimum atomic E-state index is -0.365. The van der Waals surface area contributed by atoms with Crippen molar-refractivity contribution in [1.82, 2.24) is 15.5 Å². The normalized spacial score (nSPS) is 42.4. The molecule has 168 valence electrons. The molecule has 4 atom stereocenters. The Balaban J connectivity index is 1.14. The van der Waals surface area contributed by atoms with Crippen molar-refractivity contribution in [3.63, 3.8) is 0 Å². The maximum Gasteiger partial charge on any atom is 0.234 e. The monoisotopic (exact) mass is 417 g/mol. The molecule has 6 nitrogen and oxygen atoms in total. The average Bonchev–Trinajstić information content (AvgIpc) is 2.81. The number of amides is 2. The van der Waals surface area contributed by atoms with Gasteiger partial charge in [0.2, 0.25) is 11.8 Å². The number of ether oxygens (including phenoxy) is 1. The van der Waals surface area contributed by atoms with Crippen molar-refractivity contribution in [1.29, 1.82) is 0 Å². The second-order valence-corrected chi connectivity index (χ2v) is 12.0. The van der Waals surface area contributed by atoms with Gasteiger partial charge in [-0.15, -0.1) is 0 Å². The molecule has 4 unspecified atom stereocenters. The number of nitrogens with zero attached hydrogens (tertiary/aromatic N) is 1. The van der Waals surface area contributed by atoms with Crippen LogP contribution < -0.4 is 10.6 Å². The molecule has 0 aromatic carbocycles. The molecule has 2 N–H and O–H groups in total. The Hall–Kier alpha value is -1.14. The summed E-state index contributed by atoms with van der Waals surface area (Å²) in [6, 6.07) is 0.895. The van der Waals surface area contributed by atoms with Gasteiger partial charge in [-0.25, -0.2) is 0 Å². The van der Waals surface area contributed by atoms with Crippen molar-refractivity contribution >= 4 is 11.8 Å². The maximum absolute atomic E-state index is 13.0. The van der Waals surface area contributed by atoms with Gasteiger partial charge in [-0.3, -0.25) is 14.5 Å². The number of nitrogens with one attached hydrogen (secondary N) is 2. The van der Waals surface area contributed by atoms with E-state index in [1.807, 2.05) is 20.8 Å². The number of hydrogen-bond donors (Lipinski definition) is 2. The van der Waals surface area contributed by atoms with Crippen LogP contribution in [0.1, 0.15) is 85.0 Å². The fraction of sp³-hybridized carbons (Fsp3) is 0.917. The molecule has 0 aromatic heterocycles. The van der Waals surface area contributed by atoms with Gasteiger partial charge in [-0.1, -0.05) is 0 Å². The molecule has 2 amide bonds. The zero-order valence-electron chi connectivity index (χ0n) is 18.9. The van der Waals surface area contributed by atoms with Crippen LogP contribution in [0.4, 0.5) is 0 Å². The maximum atomic E-state index is 13.0.